The van der Waals surface area contributed by atoms with Gasteiger partial charge in [0.1, 0.15) is 11.0 Å². The molecule has 0 aliphatic heterocycles. The predicted octanol–water partition coefficient (Wildman–Crippen LogP) is 5.02. The molecule has 0 aliphatic rings. The number of benzene rings is 1. The standard InChI is InChI=1S/C21H29NO2/c1-12(21(8,19(3,4)5)11-20(6,7)22)9-15-16-10-14-13(2)23-18(15)17(14)24-16/h10H,1-2,9,11,22H2,3-8H3. The van der Waals surface area contributed by atoms with E-state index in [1.165, 1.54) is 0 Å². The topological polar surface area (TPSA) is 52.3 Å². The van der Waals surface area contributed by atoms with Crippen LogP contribution in [-0.2, 0) is 6.42 Å². The fourth-order valence-corrected chi connectivity index (χ4v) is 3.86. The molecule has 24 heavy (non-hydrogen) atoms. The monoisotopic (exact) mass is 327 g/mol. The molecule has 3 aromatic heterocycles. The number of hydrogen-bond donors (Lipinski definition) is 1. The van der Waals surface area contributed by atoms with E-state index >= 15 is 0 Å². The first-order chi connectivity index (χ1) is 10.8. The molecule has 0 aromatic carbocycles. The Morgan fingerprint density at radius 2 is 1.71 bits per heavy atom. The lowest BCUT2D eigenvalue weighted by Crippen LogP contribution is -2.45. The van der Waals surface area contributed by atoms with Crippen molar-refractivity contribution in [3.63, 3.8) is 0 Å². The Hall–Kier alpha value is -1.74. The van der Waals surface area contributed by atoms with E-state index in [1.807, 2.05) is 6.07 Å². The molecule has 2 N–H and O–H groups in total. The lowest BCUT2D eigenvalue weighted by Gasteiger charge is -2.47. The van der Waals surface area contributed by atoms with Crippen molar-refractivity contribution in [3.05, 3.63) is 29.2 Å². The summed E-state index contributed by atoms with van der Waals surface area (Å²) in [4.78, 5) is 0. The number of hydrogen-bond acceptors (Lipinski definition) is 3. The molecule has 0 amide bonds. The lowest BCUT2D eigenvalue weighted by atomic mass is 9.58. The number of allylic oxidation sites excluding steroid dienone is 1. The van der Waals surface area contributed by atoms with Gasteiger partial charge >= 0.3 is 0 Å². The summed E-state index contributed by atoms with van der Waals surface area (Å²) >= 11 is 0. The first-order valence-corrected chi connectivity index (χ1v) is 8.55. The lowest BCUT2D eigenvalue weighted by molar-refractivity contribution is 0.111. The van der Waals surface area contributed by atoms with Gasteiger partial charge in [0.05, 0.1) is 5.39 Å². The Balaban J connectivity index is 1.99. The number of rotatable bonds is 5. The Kier molecular flexibility index (Phi) is 3.48. The van der Waals surface area contributed by atoms with Gasteiger partial charge in [0.25, 0.3) is 0 Å². The molecule has 2 bridgehead atoms. The van der Waals surface area contributed by atoms with Crippen molar-refractivity contribution in [2.75, 3.05) is 0 Å². The number of nitrogens with two attached hydrogens (primary N) is 1. The van der Waals surface area contributed by atoms with E-state index in [-0.39, 0.29) is 16.4 Å². The van der Waals surface area contributed by atoms with E-state index in [4.69, 9.17) is 14.6 Å². The average molecular weight is 327 g/mol. The van der Waals surface area contributed by atoms with Crippen LogP contribution in [0.3, 0.4) is 0 Å². The van der Waals surface area contributed by atoms with E-state index in [0.29, 0.717) is 5.42 Å². The van der Waals surface area contributed by atoms with Gasteiger partial charge in [-0.2, -0.15) is 0 Å². The fourth-order valence-electron chi connectivity index (χ4n) is 3.86. The Labute approximate surface area is 143 Å². The minimum Gasteiger partial charge on any atom is -0.453 e. The van der Waals surface area contributed by atoms with Crippen molar-refractivity contribution in [1.82, 2.24) is 0 Å². The Morgan fingerprint density at radius 1 is 1.08 bits per heavy atom. The maximum Gasteiger partial charge on any atom is 0.181 e. The second kappa shape index (κ2) is 4.89. The van der Waals surface area contributed by atoms with Crippen LogP contribution >= 0.6 is 0 Å². The molecule has 3 nitrogen and oxygen atoms in total. The highest BCUT2D eigenvalue weighted by Crippen LogP contribution is 2.50. The van der Waals surface area contributed by atoms with Crippen molar-refractivity contribution < 1.29 is 8.83 Å². The van der Waals surface area contributed by atoms with Crippen LogP contribution in [0.1, 0.15) is 53.5 Å². The van der Waals surface area contributed by atoms with Crippen molar-refractivity contribution in [3.8, 4) is 0 Å². The molecular formula is C21H29NO2. The van der Waals surface area contributed by atoms with Crippen LogP contribution in [0.5, 0.6) is 0 Å². The molecule has 0 fully saturated rings. The highest BCUT2D eigenvalue weighted by molar-refractivity contribution is 6.01. The molecule has 0 radical (unpaired) electrons. The SMILES string of the molecule is C=C(Cc1c2cc3c(=C)oc1c3o2)C(C)(CC(C)(C)N)C(C)(C)C. The summed E-state index contributed by atoms with van der Waals surface area (Å²) < 4.78 is 11.7. The Bertz CT molecular complexity index is 929. The molecule has 1 atom stereocenters. The van der Waals surface area contributed by atoms with E-state index in [0.717, 1.165) is 46.1 Å². The minimum atomic E-state index is -0.263. The van der Waals surface area contributed by atoms with E-state index in [9.17, 15) is 0 Å². The smallest absolute Gasteiger partial charge is 0.181 e. The molecule has 3 rings (SSSR count). The highest BCUT2D eigenvalue weighted by atomic mass is 16.4. The largest absolute Gasteiger partial charge is 0.453 e. The molecule has 3 heteroatoms. The van der Waals surface area contributed by atoms with Crippen LogP contribution in [0, 0.1) is 10.8 Å². The van der Waals surface area contributed by atoms with Gasteiger partial charge < -0.3 is 14.6 Å². The average Bonchev–Trinajstić information content (AvgIpc) is 2.99. The van der Waals surface area contributed by atoms with Crippen LogP contribution in [0.25, 0.3) is 28.7 Å². The Morgan fingerprint density at radius 3 is 2.25 bits per heavy atom. The van der Waals surface area contributed by atoms with Crippen molar-refractivity contribution in [2.45, 2.75) is 59.9 Å². The predicted molar refractivity (Wildman–Crippen MR) is 101 cm³/mol. The van der Waals surface area contributed by atoms with Gasteiger partial charge in [-0.05, 0) is 37.2 Å². The molecule has 0 aliphatic carbocycles. The molecule has 0 spiro atoms. The summed E-state index contributed by atoms with van der Waals surface area (Å²) in [5, 5.41) is 0.982. The summed E-state index contributed by atoms with van der Waals surface area (Å²) in [5.41, 5.74) is 11.5. The van der Waals surface area contributed by atoms with Gasteiger partial charge in [-0.1, -0.05) is 46.4 Å². The van der Waals surface area contributed by atoms with Gasteiger partial charge in [0, 0.05) is 17.5 Å². The van der Waals surface area contributed by atoms with E-state index in [1.54, 1.807) is 0 Å². The first-order valence-electron chi connectivity index (χ1n) is 8.55. The third-order valence-corrected chi connectivity index (χ3v) is 5.67. The van der Waals surface area contributed by atoms with E-state index in [2.05, 4.69) is 54.7 Å². The second-order valence-electron chi connectivity index (χ2n) is 9.21. The number of furan rings is 3. The third kappa shape index (κ3) is 2.46. The summed E-state index contributed by atoms with van der Waals surface area (Å²) in [6.45, 7) is 21.6. The second-order valence-corrected chi connectivity index (χ2v) is 9.21. The summed E-state index contributed by atoms with van der Waals surface area (Å²) in [6, 6.07) is 2.03. The van der Waals surface area contributed by atoms with Crippen LogP contribution in [0.2, 0.25) is 0 Å². The molecule has 3 aromatic rings. The highest BCUT2D eigenvalue weighted by Gasteiger charge is 2.43. The molecular weight excluding hydrogens is 298 g/mol. The normalized spacial score (nSPS) is 16.3. The fraction of sp³-hybridized carbons (Fsp3) is 0.524. The zero-order valence-electron chi connectivity index (χ0n) is 15.8. The van der Waals surface area contributed by atoms with E-state index < -0.39 is 0 Å². The molecule has 0 saturated carbocycles. The quantitative estimate of drug-likeness (QED) is 0.669. The zero-order valence-corrected chi connectivity index (χ0v) is 15.8. The van der Waals surface area contributed by atoms with Crippen LogP contribution in [0.4, 0.5) is 0 Å². The maximum atomic E-state index is 6.37. The van der Waals surface area contributed by atoms with Gasteiger partial charge in [0.2, 0.25) is 0 Å². The van der Waals surface area contributed by atoms with Crippen LogP contribution in [0.15, 0.2) is 27.1 Å². The van der Waals surface area contributed by atoms with Gasteiger partial charge in [0.15, 0.2) is 11.2 Å². The van der Waals surface area contributed by atoms with Crippen molar-refractivity contribution in [1.29, 1.82) is 0 Å². The number of fused-ring (bicyclic) bond motifs is 1. The summed E-state index contributed by atoms with van der Waals surface area (Å²) in [5.74, 6) is 0. The van der Waals surface area contributed by atoms with Gasteiger partial charge in [-0.3, -0.25) is 0 Å². The minimum absolute atomic E-state index is 0.0450. The summed E-state index contributed by atoms with van der Waals surface area (Å²) in [6.07, 6.45) is 1.60. The molecule has 3 heterocycles. The van der Waals surface area contributed by atoms with Gasteiger partial charge in [-0.15, -0.1) is 0 Å². The van der Waals surface area contributed by atoms with Crippen molar-refractivity contribution in [2.24, 2.45) is 16.6 Å². The van der Waals surface area contributed by atoms with Crippen LogP contribution in [-0.4, -0.2) is 5.54 Å². The summed E-state index contributed by atoms with van der Waals surface area (Å²) in [7, 11) is 0. The zero-order chi connectivity index (χ0) is 18.1. The molecule has 1 unspecified atom stereocenters. The first kappa shape index (κ1) is 17.1. The maximum absolute atomic E-state index is 6.37. The van der Waals surface area contributed by atoms with Crippen molar-refractivity contribution >= 4 is 28.7 Å². The van der Waals surface area contributed by atoms with Crippen LogP contribution < -0.4 is 11.1 Å². The van der Waals surface area contributed by atoms with Gasteiger partial charge in [-0.25, -0.2) is 0 Å². The third-order valence-electron chi connectivity index (χ3n) is 5.67. The molecule has 0 saturated heterocycles. The molecule has 130 valence electrons.